The molecule has 1 aromatic carbocycles. The number of thioether (sulfide) groups is 1. The van der Waals surface area contributed by atoms with Crippen LogP contribution in [-0.2, 0) is 4.74 Å². The number of ether oxygens (including phenoxy) is 1. The van der Waals surface area contributed by atoms with Crippen LogP contribution in [-0.4, -0.2) is 36.2 Å². The van der Waals surface area contributed by atoms with Gasteiger partial charge in [-0.2, -0.15) is 4.98 Å². The highest BCUT2D eigenvalue weighted by Crippen LogP contribution is 2.23. The summed E-state index contributed by atoms with van der Waals surface area (Å²) in [6.45, 7) is 2.14. The molecule has 100 valence electrons. The summed E-state index contributed by atoms with van der Waals surface area (Å²) in [4.78, 5) is 5.65. The highest BCUT2D eigenvalue weighted by Gasteiger charge is 2.21. The lowest BCUT2D eigenvalue weighted by Crippen LogP contribution is -2.35. The normalized spacial score (nSPS) is 19.5. The quantitative estimate of drug-likeness (QED) is 0.867. The van der Waals surface area contributed by atoms with Crippen molar-refractivity contribution in [3.05, 3.63) is 30.1 Å². The maximum Gasteiger partial charge on any atom is 0.257 e. The molecule has 5 nitrogen and oxygen atoms in total. The van der Waals surface area contributed by atoms with Gasteiger partial charge in [-0.1, -0.05) is 5.16 Å². The molecule has 6 heteroatoms. The third-order valence-corrected chi connectivity index (χ3v) is 3.76. The van der Waals surface area contributed by atoms with Crippen molar-refractivity contribution in [3.63, 3.8) is 0 Å². The predicted molar refractivity (Wildman–Crippen MR) is 73.1 cm³/mol. The largest absolute Gasteiger partial charge is 0.378 e. The standard InChI is InChI=1S/C13H15N3O2S/c1-19-10-4-2-9(3-5-10)13-15-12(16-18-13)11-8-17-7-6-14-11/h2-5,11,14H,6-8H2,1H3. The average molecular weight is 277 g/mol. The lowest BCUT2D eigenvalue weighted by atomic mass is 10.2. The van der Waals surface area contributed by atoms with Crippen LogP contribution in [0.2, 0.25) is 0 Å². The van der Waals surface area contributed by atoms with Crippen molar-refractivity contribution >= 4 is 11.8 Å². The molecule has 1 fully saturated rings. The number of hydrogen-bond acceptors (Lipinski definition) is 6. The van der Waals surface area contributed by atoms with E-state index < -0.39 is 0 Å². The van der Waals surface area contributed by atoms with Crippen molar-refractivity contribution in [1.82, 2.24) is 15.5 Å². The molecule has 2 heterocycles. The molecule has 1 aliphatic rings. The van der Waals surface area contributed by atoms with Gasteiger partial charge in [-0.25, -0.2) is 0 Å². The summed E-state index contributed by atoms with van der Waals surface area (Å²) in [5, 5.41) is 7.33. The molecule has 0 aliphatic carbocycles. The van der Waals surface area contributed by atoms with Gasteiger partial charge in [-0.15, -0.1) is 11.8 Å². The molecule has 0 spiro atoms. The minimum atomic E-state index is 0.0247. The third-order valence-electron chi connectivity index (χ3n) is 3.01. The maximum absolute atomic E-state index is 5.39. The van der Waals surface area contributed by atoms with Gasteiger partial charge in [0.2, 0.25) is 0 Å². The topological polar surface area (TPSA) is 60.2 Å². The fourth-order valence-electron chi connectivity index (χ4n) is 1.96. The fourth-order valence-corrected chi connectivity index (χ4v) is 2.37. The molecule has 0 radical (unpaired) electrons. The van der Waals surface area contributed by atoms with E-state index in [2.05, 4.69) is 21.7 Å². The minimum absolute atomic E-state index is 0.0247. The van der Waals surface area contributed by atoms with Gasteiger partial charge in [0, 0.05) is 17.0 Å². The summed E-state index contributed by atoms with van der Waals surface area (Å²) in [6, 6.07) is 8.11. The van der Waals surface area contributed by atoms with Crippen LogP contribution in [0, 0.1) is 0 Å². The number of morpholine rings is 1. The Hall–Kier alpha value is -1.37. The Bertz CT molecular complexity index is 535. The number of nitrogens with one attached hydrogen (secondary N) is 1. The maximum atomic E-state index is 5.39. The molecule has 1 aromatic heterocycles. The Morgan fingerprint density at radius 2 is 2.16 bits per heavy atom. The zero-order valence-electron chi connectivity index (χ0n) is 10.6. The molecule has 2 aromatic rings. The molecule has 0 bridgehead atoms. The summed E-state index contributed by atoms with van der Waals surface area (Å²) >= 11 is 1.71. The highest BCUT2D eigenvalue weighted by atomic mass is 32.2. The van der Waals surface area contributed by atoms with Crippen LogP contribution >= 0.6 is 11.8 Å². The van der Waals surface area contributed by atoms with Crippen molar-refractivity contribution in [1.29, 1.82) is 0 Å². The van der Waals surface area contributed by atoms with Gasteiger partial charge < -0.3 is 14.6 Å². The second-order valence-corrected chi connectivity index (χ2v) is 5.15. The van der Waals surface area contributed by atoms with Gasteiger partial charge in [0.05, 0.1) is 19.3 Å². The Balaban J connectivity index is 1.79. The zero-order valence-corrected chi connectivity index (χ0v) is 11.4. The van der Waals surface area contributed by atoms with Crippen LogP contribution in [0.3, 0.4) is 0 Å². The molecule has 0 saturated carbocycles. The predicted octanol–water partition coefficient (Wildman–Crippen LogP) is 2.12. The Kier molecular flexibility index (Phi) is 3.82. The molecule has 1 aliphatic heterocycles. The van der Waals surface area contributed by atoms with Gasteiger partial charge in [-0.05, 0) is 30.5 Å². The molecule has 1 atom stereocenters. The van der Waals surface area contributed by atoms with E-state index in [1.165, 1.54) is 4.90 Å². The van der Waals surface area contributed by atoms with E-state index in [9.17, 15) is 0 Å². The number of aromatic nitrogens is 2. The second-order valence-electron chi connectivity index (χ2n) is 4.27. The van der Waals surface area contributed by atoms with Gasteiger partial charge in [-0.3, -0.25) is 0 Å². The van der Waals surface area contributed by atoms with Crippen LogP contribution in [0.25, 0.3) is 11.5 Å². The highest BCUT2D eigenvalue weighted by molar-refractivity contribution is 7.98. The molecule has 1 N–H and O–H groups in total. The summed E-state index contributed by atoms with van der Waals surface area (Å²) in [6.07, 6.45) is 2.05. The minimum Gasteiger partial charge on any atom is -0.378 e. The Labute approximate surface area is 115 Å². The summed E-state index contributed by atoms with van der Waals surface area (Å²) in [5.41, 5.74) is 0.938. The van der Waals surface area contributed by atoms with Crippen LogP contribution < -0.4 is 5.32 Å². The number of hydrogen-bond donors (Lipinski definition) is 1. The van der Waals surface area contributed by atoms with Gasteiger partial charge in [0.25, 0.3) is 5.89 Å². The van der Waals surface area contributed by atoms with E-state index in [4.69, 9.17) is 9.26 Å². The first-order valence-corrected chi connectivity index (χ1v) is 7.38. The van der Waals surface area contributed by atoms with Crippen molar-refractivity contribution in [2.45, 2.75) is 10.9 Å². The molecular weight excluding hydrogens is 262 g/mol. The van der Waals surface area contributed by atoms with Gasteiger partial charge in [0.1, 0.15) is 0 Å². The number of rotatable bonds is 3. The zero-order chi connectivity index (χ0) is 13.1. The third kappa shape index (κ3) is 2.80. The van der Waals surface area contributed by atoms with Crippen LogP contribution in [0.15, 0.2) is 33.7 Å². The molecule has 19 heavy (non-hydrogen) atoms. The first kappa shape index (κ1) is 12.7. The Morgan fingerprint density at radius 3 is 2.84 bits per heavy atom. The van der Waals surface area contributed by atoms with E-state index in [1.54, 1.807) is 11.8 Å². The lowest BCUT2D eigenvalue weighted by molar-refractivity contribution is 0.0734. The molecule has 1 saturated heterocycles. The van der Waals surface area contributed by atoms with Crippen molar-refractivity contribution in [3.8, 4) is 11.5 Å². The molecule has 3 rings (SSSR count). The first-order valence-electron chi connectivity index (χ1n) is 6.16. The van der Waals surface area contributed by atoms with Crippen molar-refractivity contribution < 1.29 is 9.26 Å². The Morgan fingerprint density at radius 1 is 1.32 bits per heavy atom. The summed E-state index contributed by atoms with van der Waals surface area (Å²) in [5.74, 6) is 1.21. The SMILES string of the molecule is CSc1ccc(-c2nc(C3COCCN3)no2)cc1. The smallest absolute Gasteiger partial charge is 0.257 e. The van der Waals surface area contributed by atoms with E-state index in [1.807, 2.05) is 24.3 Å². The van der Waals surface area contributed by atoms with Crippen LogP contribution in [0.5, 0.6) is 0 Å². The van der Waals surface area contributed by atoms with E-state index >= 15 is 0 Å². The summed E-state index contributed by atoms with van der Waals surface area (Å²) < 4.78 is 10.7. The van der Waals surface area contributed by atoms with Gasteiger partial charge >= 0.3 is 0 Å². The monoisotopic (exact) mass is 277 g/mol. The molecular formula is C13H15N3O2S. The van der Waals surface area contributed by atoms with Crippen molar-refractivity contribution in [2.75, 3.05) is 26.0 Å². The van der Waals surface area contributed by atoms with E-state index in [0.717, 1.165) is 18.7 Å². The summed E-state index contributed by atoms with van der Waals surface area (Å²) in [7, 11) is 0. The van der Waals surface area contributed by atoms with E-state index in [-0.39, 0.29) is 6.04 Å². The van der Waals surface area contributed by atoms with Crippen molar-refractivity contribution in [2.24, 2.45) is 0 Å². The lowest BCUT2D eigenvalue weighted by Gasteiger charge is -2.20. The van der Waals surface area contributed by atoms with Gasteiger partial charge in [0.15, 0.2) is 5.82 Å². The average Bonchev–Trinajstić information content (AvgIpc) is 2.98. The first-order chi connectivity index (χ1) is 9.36. The second kappa shape index (κ2) is 5.73. The van der Waals surface area contributed by atoms with Crippen LogP contribution in [0.1, 0.15) is 11.9 Å². The number of benzene rings is 1. The van der Waals surface area contributed by atoms with Crippen LogP contribution in [0.4, 0.5) is 0 Å². The molecule has 1 unspecified atom stereocenters. The van der Waals surface area contributed by atoms with E-state index in [0.29, 0.717) is 18.3 Å². The number of nitrogens with zero attached hydrogens (tertiary/aromatic N) is 2. The fraction of sp³-hybridized carbons (Fsp3) is 0.385. The molecule has 0 amide bonds.